The minimum absolute atomic E-state index is 0.246. The van der Waals surface area contributed by atoms with Crippen molar-refractivity contribution in [3.63, 3.8) is 0 Å². The average Bonchev–Trinajstić information content (AvgIpc) is 2.63. The van der Waals surface area contributed by atoms with Crippen LogP contribution in [0.5, 0.6) is 5.75 Å². The Hall–Kier alpha value is -1.81. The number of carbonyl (C=O) groups excluding carboxylic acids is 1. The highest BCUT2D eigenvalue weighted by atomic mass is 32.2. The van der Waals surface area contributed by atoms with Gasteiger partial charge in [-0.15, -0.1) is 13.2 Å². The Bertz CT molecular complexity index is 659. The first-order valence-electron chi connectivity index (χ1n) is 6.83. The molecule has 1 saturated heterocycles. The molecule has 1 fully saturated rings. The highest BCUT2D eigenvalue weighted by molar-refractivity contribution is 7.89. The van der Waals surface area contributed by atoms with E-state index in [1.807, 2.05) is 0 Å². The van der Waals surface area contributed by atoms with Crippen LogP contribution in [0.2, 0.25) is 0 Å². The Labute approximate surface area is 131 Å². The lowest BCUT2D eigenvalue weighted by Crippen LogP contribution is -2.45. The first-order valence-corrected chi connectivity index (χ1v) is 8.31. The maximum absolute atomic E-state index is 12.2. The highest BCUT2D eigenvalue weighted by Crippen LogP contribution is 2.24. The highest BCUT2D eigenvalue weighted by Gasteiger charge is 2.31. The topological polar surface area (TPSA) is 84.5 Å². The van der Waals surface area contributed by atoms with Gasteiger partial charge in [0.05, 0.1) is 4.90 Å². The molecule has 1 aromatic carbocycles. The molecule has 1 atom stereocenters. The zero-order valence-electron chi connectivity index (χ0n) is 11.9. The van der Waals surface area contributed by atoms with Crippen LogP contribution < -0.4 is 14.8 Å². The molecule has 0 radical (unpaired) electrons. The second kappa shape index (κ2) is 6.75. The van der Waals surface area contributed by atoms with Crippen molar-refractivity contribution in [1.82, 2.24) is 10.0 Å². The van der Waals surface area contributed by atoms with Gasteiger partial charge in [-0.05, 0) is 43.5 Å². The van der Waals surface area contributed by atoms with Gasteiger partial charge in [-0.3, -0.25) is 4.79 Å². The van der Waals surface area contributed by atoms with E-state index in [4.69, 9.17) is 0 Å². The fourth-order valence-corrected chi connectivity index (χ4v) is 3.36. The summed E-state index contributed by atoms with van der Waals surface area (Å²) in [4.78, 5) is 11.5. The van der Waals surface area contributed by atoms with Crippen molar-refractivity contribution in [2.75, 3.05) is 6.54 Å². The van der Waals surface area contributed by atoms with Crippen LogP contribution >= 0.6 is 0 Å². The molecular weight excluding hydrogens is 337 g/mol. The summed E-state index contributed by atoms with van der Waals surface area (Å²) in [6.07, 6.45) is -3.05. The van der Waals surface area contributed by atoms with Crippen LogP contribution in [0.25, 0.3) is 0 Å². The number of ether oxygens (including phenoxy) is 1. The lowest BCUT2D eigenvalue weighted by Gasteiger charge is -2.15. The molecule has 23 heavy (non-hydrogen) atoms. The number of sulfonamides is 1. The van der Waals surface area contributed by atoms with Gasteiger partial charge >= 0.3 is 6.36 Å². The first-order chi connectivity index (χ1) is 10.7. The van der Waals surface area contributed by atoms with Gasteiger partial charge in [0.1, 0.15) is 11.8 Å². The van der Waals surface area contributed by atoms with Crippen LogP contribution in [0.1, 0.15) is 19.3 Å². The van der Waals surface area contributed by atoms with E-state index in [0.717, 1.165) is 30.7 Å². The summed E-state index contributed by atoms with van der Waals surface area (Å²) in [5.74, 6) is -0.938. The van der Waals surface area contributed by atoms with E-state index in [9.17, 15) is 26.4 Å². The number of hydrogen-bond acceptors (Lipinski definition) is 4. The molecule has 128 valence electrons. The maximum Gasteiger partial charge on any atom is 0.573 e. The average molecular weight is 352 g/mol. The lowest BCUT2D eigenvalue weighted by molar-refractivity contribution is -0.274. The molecule has 0 spiro atoms. The zero-order chi connectivity index (χ0) is 17.1. The molecule has 1 aliphatic rings. The molecule has 1 amide bonds. The van der Waals surface area contributed by atoms with Crippen molar-refractivity contribution in [3.05, 3.63) is 24.3 Å². The Kier molecular flexibility index (Phi) is 5.15. The van der Waals surface area contributed by atoms with Gasteiger partial charge in [0.25, 0.3) is 0 Å². The molecule has 0 aromatic heterocycles. The number of hydrogen-bond donors (Lipinski definition) is 2. The number of halogens is 3. The minimum Gasteiger partial charge on any atom is -0.406 e. The predicted molar refractivity (Wildman–Crippen MR) is 74.1 cm³/mol. The quantitative estimate of drug-likeness (QED) is 0.861. The molecule has 1 unspecified atom stereocenters. The SMILES string of the molecule is O=C1NCCCCC1NS(=O)(=O)c1ccc(OC(F)(F)F)cc1. The first kappa shape index (κ1) is 17.5. The third kappa shape index (κ3) is 5.10. The molecule has 1 heterocycles. The number of carbonyl (C=O) groups is 1. The number of amides is 1. The normalized spacial score (nSPS) is 19.8. The predicted octanol–water partition coefficient (Wildman–Crippen LogP) is 1.53. The Morgan fingerprint density at radius 1 is 1.17 bits per heavy atom. The van der Waals surface area contributed by atoms with Crippen LogP contribution in [0.15, 0.2) is 29.2 Å². The second-order valence-electron chi connectivity index (χ2n) is 4.98. The lowest BCUT2D eigenvalue weighted by atomic mass is 10.1. The second-order valence-corrected chi connectivity index (χ2v) is 6.69. The van der Waals surface area contributed by atoms with Crippen LogP contribution in [-0.2, 0) is 14.8 Å². The van der Waals surface area contributed by atoms with Gasteiger partial charge in [-0.1, -0.05) is 0 Å². The Morgan fingerprint density at radius 2 is 1.83 bits per heavy atom. The summed E-state index contributed by atoms with van der Waals surface area (Å²) in [6.45, 7) is 0.487. The van der Waals surface area contributed by atoms with Crippen LogP contribution in [-0.4, -0.2) is 33.3 Å². The van der Waals surface area contributed by atoms with Crippen molar-refractivity contribution in [1.29, 1.82) is 0 Å². The molecular formula is C13H15F3N2O4S. The van der Waals surface area contributed by atoms with E-state index in [1.54, 1.807) is 0 Å². The summed E-state index contributed by atoms with van der Waals surface area (Å²) in [7, 11) is -4.02. The summed E-state index contributed by atoms with van der Waals surface area (Å²) in [6, 6.07) is 2.87. The standard InChI is InChI=1S/C13H15F3N2O4S/c14-13(15,16)22-9-4-6-10(7-5-9)23(20,21)18-11-3-1-2-8-17-12(11)19/h4-7,11,18H,1-3,8H2,(H,17,19). The molecule has 2 N–H and O–H groups in total. The van der Waals surface area contributed by atoms with E-state index < -0.39 is 34.1 Å². The van der Waals surface area contributed by atoms with Gasteiger partial charge in [0.15, 0.2) is 0 Å². The fourth-order valence-electron chi connectivity index (χ4n) is 2.13. The van der Waals surface area contributed by atoms with Gasteiger partial charge in [0, 0.05) is 6.54 Å². The van der Waals surface area contributed by atoms with E-state index in [0.29, 0.717) is 19.4 Å². The molecule has 6 nitrogen and oxygen atoms in total. The van der Waals surface area contributed by atoms with Gasteiger partial charge in [-0.2, -0.15) is 4.72 Å². The zero-order valence-corrected chi connectivity index (χ0v) is 12.7. The molecule has 10 heteroatoms. The molecule has 1 aromatic rings. The molecule has 0 saturated carbocycles. The minimum atomic E-state index is -4.85. The number of alkyl halides is 3. The summed E-state index contributed by atoms with van der Waals surface area (Å²) in [5, 5.41) is 2.59. The largest absolute Gasteiger partial charge is 0.573 e. The van der Waals surface area contributed by atoms with E-state index in [1.165, 1.54) is 0 Å². The van der Waals surface area contributed by atoms with Crippen molar-refractivity contribution < 1.29 is 31.1 Å². The number of rotatable bonds is 4. The van der Waals surface area contributed by atoms with Crippen molar-refractivity contribution in [3.8, 4) is 5.75 Å². The van der Waals surface area contributed by atoms with Crippen molar-refractivity contribution in [2.24, 2.45) is 0 Å². The summed E-state index contributed by atoms with van der Waals surface area (Å²) in [5.41, 5.74) is 0. The maximum atomic E-state index is 12.2. The smallest absolute Gasteiger partial charge is 0.406 e. The van der Waals surface area contributed by atoms with Crippen LogP contribution in [0.3, 0.4) is 0 Å². The molecule has 2 rings (SSSR count). The van der Waals surface area contributed by atoms with Crippen molar-refractivity contribution in [2.45, 2.75) is 36.6 Å². The number of benzene rings is 1. The summed E-state index contributed by atoms with van der Waals surface area (Å²) >= 11 is 0. The number of nitrogens with one attached hydrogen (secondary N) is 2. The van der Waals surface area contributed by atoms with Crippen LogP contribution in [0.4, 0.5) is 13.2 Å². The van der Waals surface area contributed by atoms with Gasteiger partial charge in [-0.25, -0.2) is 8.42 Å². The van der Waals surface area contributed by atoms with E-state index >= 15 is 0 Å². The summed E-state index contributed by atoms with van der Waals surface area (Å²) < 4.78 is 66.5. The van der Waals surface area contributed by atoms with Gasteiger partial charge < -0.3 is 10.1 Å². The van der Waals surface area contributed by atoms with Gasteiger partial charge in [0.2, 0.25) is 15.9 Å². The van der Waals surface area contributed by atoms with Crippen molar-refractivity contribution >= 4 is 15.9 Å². The molecule has 0 aliphatic carbocycles. The molecule has 0 bridgehead atoms. The van der Waals surface area contributed by atoms with Crippen LogP contribution in [0, 0.1) is 0 Å². The van der Waals surface area contributed by atoms with E-state index in [-0.39, 0.29) is 4.90 Å². The molecule has 1 aliphatic heterocycles. The third-order valence-corrected chi connectivity index (χ3v) is 4.69. The van der Waals surface area contributed by atoms with E-state index in [2.05, 4.69) is 14.8 Å². The Balaban J connectivity index is 2.11. The fraction of sp³-hybridized carbons (Fsp3) is 0.462. The third-order valence-electron chi connectivity index (χ3n) is 3.20. The monoisotopic (exact) mass is 352 g/mol. The Morgan fingerprint density at radius 3 is 2.43 bits per heavy atom.